The molecule has 4 rings (SSSR count). The van der Waals surface area contributed by atoms with Gasteiger partial charge in [-0.25, -0.2) is 0 Å². The molecular weight excluding hydrogens is 416 g/mol. The van der Waals surface area contributed by atoms with Crippen molar-refractivity contribution < 1.29 is 18.9 Å². The second-order valence-electron chi connectivity index (χ2n) is 7.54. The number of ether oxygens (including phenoxy) is 4. The molecule has 0 aromatic heterocycles. The number of methoxy groups -OCH3 is 4. The summed E-state index contributed by atoms with van der Waals surface area (Å²) in [6.45, 7) is 0. The summed E-state index contributed by atoms with van der Waals surface area (Å²) in [5, 5.41) is 7.00. The van der Waals surface area contributed by atoms with Crippen LogP contribution in [0.3, 0.4) is 0 Å². The topological polar surface area (TPSA) is 52.5 Å². The highest BCUT2D eigenvalue weighted by Gasteiger charge is 2.30. The van der Waals surface area contributed by atoms with Gasteiger partial charge < -0.3 is 18.9 Å². The number of rotatable bonds is 8. The molecule has 3 aromatic carbocycles. The van der Waals surface area contributed by atoms with E-state index in [1.165, 1.54) is 0 Å². The van der Waals surface area contributed by atoms with Crippen molar-refractivity contribution in [2.75, 3.05) is 33.4 Å². The van der Waals surface area contributed by atoms with Crippen LogP contribution in [-0.4, -0.2) is 34.2 Å². The molecule has 3 aromatic rings. The molecule has 6 heteroatoms. The SMILES string of the molecule is COc1ccc(/C=C/C2=NN(c3ccccc3)C(c3ccc(OC)cc3OC)C2)c(OC)c1. The van der Waals surface area contributed by atoms with E-state index in [1.807, 2.05) is 66.7 Å². The predicted octanol–water partition coefficient (Wildman–Crippen LogP) is 5.74. The van der Waals surface area contributed by atoms with E-state index in [9.17, 15) is 0 Å². The first-order valence-corrected chi connectivity index (χ1v) is 10.7. The standard InChI is InChI=1S/C27H28N2O4/c1-30-22-13-11-19(26(17-22)32-3)10-12-20-16-25(29(28-20)21-8-6-5-7-9-21)24-15-14-23(31-2)18-27(24)33-4/h5-15,17-18,25H,16H2,1-4H3/b12-10+. The lowest BCUT2D eigenvalue weighted by molar-refractivity contribution is 0.388. The Morgan fingerprint density at radius 2 is 1.42 bits per heavy atom. The first-order valence-electron chi connectivity index (χ1n) is 10.7. The molecule has 1 aliphatic heterocycles. The second-order valence-corrected chi connectivity index (χ2v) is 7.54. The molecule has 1 heterocycles. The Hall–Kier alpha value is -3.93. The van der Waals surface area contributed by atoms with Gasteiger partial charge in [0.15, 0.2) is 0 Å². The monoisotopic (exact) mass is 444 g/mol. The summed E-state index contributed by atoms with van der Waals surface area (Å²) in [6.07, 6.45) is 4.79. The van der Waals surface area contributed by atoms with Crippen molar-refractivity contribution in [1.29, 1.82) is 0 Å². The molecule has 0 saturated heterocycles. The van der Waals surface area contributed by atoms with E-state index in [2.05, 4.69) is 17.1 Å². The molecule has 0 N–H and O–H groups in total. The number of allylic oxidation sites excluding steroid dienone is 1. The minimum absolute atomic E-state index is 0.00864. The molecule has 0 aliphatic carbocycles. The number of hydrazone groups is 1. The first kappa shape index (κ1) is 22.3. The van der Waals surface area contributed by atoms with Crippen LogP contribution >= 0.6 is 0 Å². The van der Waals surface area contributed by atoms with Crippen LogP contribution < -0.4 is 24.0 Å². The number of nitrogens with zero attached hydrogens (tertiary/aromatic N) is 2. The summed E-state index contributed by atoms with van der Waals surface area (Å²) >= 11 is 0. The Labute approximate surface area is 194 Å². The van der Waals surface area contributed by atoms with E-state index in [0.717, 1.165) is 51.9 Å². The largest absolute Gasteiger partial charge is 0.497 e. The summed E-state index contributed by atoms with van der Waals surface area (Å²) in [5.74, 6) is 3.03. The molecule has 1 unspecified atom stereocenters. The molecule has 0 fully saturated rings. The Balaban J connectivity index is 1.68. The highest BCUT2D eigenvalue weighted by Crippen LogP contribution is 2.40. The van der Waals surface area contributed by atoms with E-state index in [4.69, 9.17) is 24.0 Å². The average molecular weight is 445 g/mol. The summed E-state index contributed by atoms with van der Waals surface area (Å²) in [4.78, 5) is 0. The molecule has 0 radical (unpaired) electrons. The summed E-state index contributed by atoms with van der Waals surface area (Å²) < 4.78 is 21.9. The Morgan fingerprint density at radius 3 is 2.09 bits per heavy atom. The fourth-order valence-corrected chi connectivity index (χ4v) is 3.93. The van der Waals surface area contributed by atoms with Crippen LogP contribution in [0.5, 0.6) is 23.0 Å². The van der Waals surface area contributed by atoms with Crippen molar-refractivity contribution in [3.8, 4) is 23.0 Å². The van der Waals surface area contributed by atoms with Crippen LogP contribution in [0.15, 0.2) is 77.9 Å². The first-order chi connectivity index (χ1) is 16.2. The van der Waals surface area contributed by atoms with Crippen molar-refractivity contribution in [3.05, 3.63) is 83.9 Å². The van der Waals surface area contributed by atoms with Gasteiger partial charge in [0, 0.05) is 29.7 Å². The van der Waals surface area contributed by atoms with Crippen molar-refractivity contribution in [3.63, 3.8) is 0 Å². The molecule has 1 aliphatic rings. The zero-order valence-electron chi connectivity index (χ0n) is 19.3. The summed E-state index contributed by atoms with van der Waals surface area (Å²) in [7, 11) is 6.63. The minimum Gasteiger partial charge on any atom is -0.497 e. The van der Waals surface area contributed by atoms with E-state index < -0.39 is 0 Å². The maximum atomic E-state index is 5.70. The van der Waals surface area contributed by atoms with Gasteiger partial charge in [0.1, 0.15) is 23.0 Å². The van der Waals surface area contributed by atoms with Gasteiger partial charge >= 0.3 is 0 Å². The number of anilines is 1. The van der Waals surface area contributed by atoms with Gasteiger partial charge in [0.05, 0.1) is 45.9 Å². The molecule has 6 nitrogen and oxygen atoms in total. The quantitative estimate of drug-likeness (QED) is 0.443. The molecule has 0 amide bonds. The zero-order chi connectivity index (χ0) is 23.2. The molecular formula is C27H28N2O4. The second kappa shape index (κ2) is 10.1. The van der Waals surface area contributed by atoms with Crippen LogP contribution in [0.1, 0.15) is 23.6 Å². The van der Waals surface area contributed by atoms with Crippen molar-refractivity contribution >= 4 is 17.5 Å². The van der Waals surface area contributed by atoms with Gasteiger partial charge in [-0.05, 0) is 48.6 Å². The third-order valence-electron chi connectivity index (χ3n) is 5.65. The average Bonchev–Trinajstić information content (AvgIpc) is 3.31. The maximum absolute atomic E-state index is 5.70. The van der Waals surface area contributed by atoms with Crippen LogP contribution in [-0.2, 0) is 0 Å². The lowest BCUT2D eigenvalue weighted by Crippen LogP contribution is -2.19. The number of hydrogen-bond acceptors (Lipinski definition) is 6. The predicted molar refractivity (Wildman–Crippen MR) is 132 cm³/mol. The smallest absolute Gasteiger partial charge is 0.129 e. The van der Waals surface area contributed by atoms with Crippen LogP contribution in [0.2, 0.25) is 0 Å². The van der Waals surface area contributed by atoms with E-state index >= 15 is 0 Å². The van der Waals surface area contributed by atoms with E-state index in [-0.39, 0.29) is 6.04 Å². The Kier molecular flexibility index (Phi) is 6.83. The van der Waals surface area contributed by atoms with Crippen molar-refractivity contribution in [2.24, 2.45) is 5.10 Å². The molecule has 0 bridgehead atoms. The summed E-state index contributed by atoms with van der Waals surface area (Å²) in [6, 6.07) is 21.8. The van der Waals surface area contributed by atoms with E-state index in [1.54, 1.807) is 28.4 Å². The van der Waals surface area contributed by atoms with Gasteiger partial charge in [0.2, 0.25) is 0 Å². The zero-order valence-corrected chi connectivity index (χ0v) is 19.3. The van der Waals surface area contributed by atoms with Gasteiger partial charge in [0.25, 0.3) is 0 Å². The van der Waals surface area contributed by atoms with Crippen LogP contribution in [0.4, 0.5) is 5.69 Å². The van der Waals surface area contributed by atoms with E-state index in [0.29, 0.717) is 0 Å². The fraction of sp³-hybridized carbons (Fsp3) is 0.222. The third kappa shape index (κ3) is 4.80. The molecule has 1 atom stereocenters. The lowest BCUT2D eigenvalue weighted by atomic mass is 9.99. The van der Waals surface area contributed by atoms with Gasteiger partial charge in [-0.15, -0.1) is 0 Å². The van der Waals surface area contributed by atoms with Crippen molar-refractivity contribution in [2.45, 2.75) is 12.5 Å². The third-order valence-corrected chi connectivity index (χ3v) is 5.65. The van der Waals surface area contributed by atoms with Gasteiger partial charge in [-0.1, -0.05) is 18.2 Å². The maximum Gasteiger partial charge on any atom is 0.129 e. The van der Waals surface area contributed by atoms with Crippen LogP contribution in [0, 0.1) is 0 Å². The molecule has 0 saturated carbocycles. The Bertz CT molecular complexity index is 1160. The summed E-state index contributed by atoms with van der Waals surface area (Å²) in [5.41, 5.74) is 3.99. The highest BCUT2D eigenvalue weighted by atomic mass is 16.5. The molecule has 170 valence electrons. The number of hydrogen-bond donors (Lipinski definition) is 0. The van der Waals surface area contributed by atoms with Crippen LogP contribution in [0.25, 0.3) is 6.08 Å². The minimum atomic E-state index is -0.00864. The normalized spacial score (nSPS) is 15.5. The van der Waals surface area contributed by atoms with Gasteiger partial charge in [-0.2, -0.15) is 5.10 Å². The molecule has 0 spiro atoms. The number of para-hydroxylation sites is 1. The van der Waals surface area contributed by atoms with Gasteiger partial charge in [-0.3, -0.25) is 5.01 Å². The fourth-order valence-electron chi connectivity index (χ4n) is 3.93. The van der Waals surface area contributed by atoms with Crippen molar-refractivity contribution in [1.82, 2.24) is 0 Å². The molecule has 33 heavy (non-hydrogen) atoms. The number of benzene rings is 3. The lowest BCUT2D eigenvalue weighted by Gasteiger charge is -2.25. The Morgan fingerprint density at radius 1 is 0.758 bits per heavy atom. The highest BCUT2D eigenvalue weighted by molar-refractivity contribution is 6.01.